The highest BCUT2D eigenvalue weighted by Gasteiger charge is 1.85. The van der Waals surface area contributed by atoms with Crippen molar-refractivity contribution >= 4 is 0 Å². The van der Waals surface area contributed by atoms with Crippen molar-refractivity contribution in [1.29, 1.82) is 0 Å². The topological polar surface area (TPSA) is 0 Å². The van der Waals surface area contributed by atoms with E-state index in [0.29, 0.717) is 0 Å². The highest BCUT2D eigenvalue weighted by molar-refractivity contribution is 5.07. The Morgan fingerprint density at radius 3 is 2.57 bits per heavy atom. The van der Waals surface area contributed by atoms with Crippen LogP contribution in [0.3, 0.4) is 0 Å². The summed E-state index contributed by atoms with van der Waals surface area (Å²) in [5.74, 6) is 0. The van der Waals surface area contributed by atoms with Crippen molar-refractivity contribution in [3.8, 4) is 0 Å². The largest absolute Gasteiger partial charge is 0.0882 e. The molecule has 1 rings (SSSR count). The zero-order chi connectivity index (χ0) is 9.90. The molecule has 0 atom stereocenters. The average molecular weight is 187 g/mol. The fraction of sp³-hybridized carbons (Fsp3) is 0.429. The zero-order valence-electron chi connectivity index (χ0n) is 8.78. The van der Waals surface area contributed by atoms with E-state index in [2.05, 4.69) is 36.5 Å². The number of allylic oxidation sites excluding steroid dienone is 8. The second-order valence-corrected chi connectivity index (χ2v) is 3.51. The van der Waals surface area contributed by atoms with Gasteiger partial charge in [-0.1, -0.05) is 49.0 Å². The van der Waals surface area contributed by atoms with E-state index < -0.39 is 0 Å². The smallest absolute Gasteiger partial charge is 0.0166 e. The Hall–Kier alpha value is -1.04. The predicted molar refractivity (Wildman–Crippen MR) is 62.9 cm³/mol. The van der Waals surface area contributed by atoms with E-state index in [1.807, 2.05) is 12.2 Å². The van der Waals surface area contributed by atoms with E-state index in [4.69, 9.17) is 0 Å². The maximum atomic E-state index is 3.12. The van der Waals surface area contributed by atoms with E-state index in [1.54, 1.807) is 0 Å². The summed E-state index contributed by atoms with van der Waals surface area (Å²) in [6, 6.07) is 0. The van der Waals surface area contributed by atoms with E-state index in [0.717, 1.165) is 6.42 Å². The molecular weight excluding hydrogens is 168 g/mol. The molecule has 0 spiro atoms. The van der Waals surface area contributed by atoms with Gasteiger partial charge in [0.05, 0.1) is 0 Å². The van der Waals surface area contributed by atoms with Crippen molar-refractivity contribution in [3.63, 3.8) is 0 Å². The van der Waals surface area contributed by atoms with Crippen LogP contribution >= 0.6 is 0 Å². The molecule has 1 radical (unpaired) electrons. The predicted octanol–water partition coefficient (Wildman–Crippen LogP) is 4.37. The molecule has 0 aliphatic heterocycles. The van der Waals surface area contributed by atoms with E-state index in [-0.39, 0.29) is 0 Å². The first-order valence-electron chi connectivity index (χ1n) is 5.54. The SMILES string of the molecule is [C]1=C/C=C\C/C=C/CCCCC/C=C/1. The van der Waals surface area contributed by atoms with Gasteiger partial charge in [-0.3, -0.25) is 0 Å². The molecule has 0 unspecified atom stereocenters. The van der Waals surface area contributed by atoms with Gasteiger partial charge < -0.3 is 0 Å². The van der Waals surface area contributed by atoms with Crippen LogP contribution in [0, 0.1) is 6.08 Å². The fourth-order valence-electron chi connectivity index (χ4n) is 1.40. The van der Waals surface area contributed by atoms with Gasteiger partial charge in [-0.15, -0.1) is 0 Å². The van der Waals surface area contributed by atoms with Crippen LogP contribution in [-0.4, -0.2) is 0 Å². The highest BCUT2D eigenvalue weighted by atomic mass is 13.9. The average Bonchev–Trinajstić information content (AvgIpc) is 2.22. The first kappa shape index (κ1) is 11.0. The van der Waals surface area contributed by atoms with Gasteiger partial charge >= 0.3 is 0 Å². The summed E-state index contributed by atoms with van der Waals surface area (Å²) in [7, 11) is 0. The standard InChI is InChI=1S/C14H19/c1-2-4-6-8-10-12-14-13-11-9-7-5-3-1/h1-3,6-9H,4,10-14H2/b2-1-,5-3?,8-6+,9-7+. The summed E-state index contributed by atoms with van der Waals surface area (Å²) in [6.07, 6.45) is 25.5. The van der Waals surface area contributed by atoms with Crippen molar-refractivity contribution in [3.05, 3.63) is 48.6 Å². The molecule has 0 saturated carbocycles. The van der Waals surface area contributed by atoms with Crippen molar-refractivity contribution in [2.75, 3.05) is 0 Å². The maximum absolute atomic E-state index is 3.12. The molecule has 0 aromatic rings. The van der Waals surface area contributed by atoms with Gasteiger partial charge in [0.2, 0.25) is 0 Å². The summed E-state index contributed by atoms with van der Waals surface area (Å²) in [5, 5.41) is 0. The van der Waals surface area contributed by atoms with Crippen LogP contribution in [-0.2, 0) is 0 Å². The molecule has 0 N–H and O–H groups in total. The Labute approximate surface area is 87.7 Å². The van der Waals surface area contributed by atoms with Crippen molar-refractivity contribution in [2.45, 2.75) is 38.5 Å². The molecule has 0 amide bonds. The molecule has 0 heterocycles. The Bertz CT molecular complexity index is 228. The summed E-state index contributed by atoms with van der Waals surface area (Å²) < 4.78 is 0. The lowest BCUT2D eigenvalue weighted by molar-refractivity contribution is 0.695. The van der Waals surface area contributed by atoms with Crippen molar-refractivity contribution in [2.24, 2.45) is 0 Å². The van der Waals surface area contributed by atoms with Gasteiger partial charge in [0.1, 0.15) is 0 Å². The minimum atomic E-state index is 1.04. The molecule has 0 heteroatoms. The van der Waals surface area contributed by atoms with Crippen LogP contribution in [0.1, 0.15) is 38.5 Å². The summed E-state index contributed by atoms with van der Waals surface area (Å²) in [6.45, 7) is 0. The fourth-order valence-corrected chi connectivity index (χ4v) is 1.40. The van der Waals surface area contributed by atoms with Crippen molar-refractivity contribution < 1.29 is 0 Å². The molecule has 0 nitrogen and oxygen atoms in total. The van der Waals surface area contributed by atoms with Gasteiger partial charge in [0.25, 0.3) is 0 Å². The molecule has 0 aromatic heterocycles. The van der Waals surface area contributed by atoms with Crippen LogP contribution in [0.4, 0.5) is 0 Å². The molecule has 0 aromatic carbocycles. The summed E-state index contributed by atoms with van der Waals surface area (Å²) in [5.41, 5.74) is 0. The molecule has 1 aliphatic carbocycles. The third kappa shape index (κ3) is 6.47. The van der Waals surface area contributed by atoms with E-state index in [1.165, 1.54) is 32.1 Å². The first-order chi connectivity index (χ1) is 7.00. The Morgan fingerprint density at radius 2 is 1.64 bits per heavy atom. The minimum Gasteiger partial charge on any atom is -0.0882 e. The van der Waals surface area contributed by atoms with Gasteiger partial charge in [0.15, 0.2) is 0 Å². The van der Waals surface area contributed by atoms with Crippen LogP contribution in [0.5, 0.6) is 0 Å². The van der Waals surface area contributed by atoms with Crippen LogP contribution in [0.15, 0.2) is 42.5 Å². The highest BCUT2D eigenvalue weighted by Crippen LogP contribution is 2.05. The third-order valence-electron chi connectivity index (χ3n) is 2.22. The lowest BCUT2D eigenvalue weighted by Crippen LogP contribution is -1.75. The molecular formula is C14H19. The monoisotopic (exact) mass is 187 g/mol. The lowest BCUT2D eigenvalue weighted by atomic mass is 10.1. The van der Waals surface area contributed by atoms with E-state index in [9.17, 15) is 0 Å². The Morgan fingerprint density at radius 1 is 0.786 bits per heavy atom. The quantitative estimate of drug-likeness (QED) is 0.494. The Kier molecular flexibility index (Phi) is 6.74. The first-order valence-corrected chi connectivity index (χ1v) is 5.54. The summed E-state index contributed by atoms with van der Waals surface area (Å²) in [4.78, 5) is 0. The van der Waals surface area contributed by atoms with Crippen molar-refractivity contribution in [1.82, 2.24) is 0 Å². The molecule has 0 bridgehead atoms. The normalized spacial score (nSPS) is 28.6. The molecule has 14 heavy (non-hydrogen) atoms. The third-order valence-corrected chi connectivity index (χ3v) is 2.22. The summed E-state index contributed by atoms with van der Waals surface area (Å²) >= 11 is 0. The number of hydrogen-bond acceptors (Lipinski definition) is 0. The second-order valence-electron chi connectivity index (χ2n) is 3.51. The molecule has 0 fully saturated rings. The minimum absolute atomic E-state index is 1.04. The van der Waals surface area contributed by atoms with Crippen LogP contribution in [0.2, 0.25) is 0 Å². The molecule has 1 aliphatic rings. The maximum Gasteiger partial charge on any atom is -0.0166 e. The van der Waals surface area contributed by atoms with E-state index >= 15 is 0 Å². The van der Waals surface area contributed by atoms with Gasteiger partial charge in [0, 0.05) is 0 Å². The molecule has 0 saturated heterocycles. The van der Waals surface area contributed by atoms with Crippen LogP contribution < -0.4 is 0 Å². The zero-order valence-corrected chi connectivity index (χ0v) is 8.78. The van der Waals surface area contributed by atoms with Gasteiger partial charge in [-0.25, -0.2) is 0 Å². The second kappa shape index (κ2) is 8.55. The molecule has 75 valence electrons. The number of rotatable bonds is 0. The number of hydrogen-bond donors (Lipinski definition) is 0. The Balaban J connectivity index is 2.36. The van der Waals surface area contributed by atoms with Crippen LogP contribution in [0.25, 0.3) is 0 Å². The van der Waals surface area contributed by atoms with Gasteiger partial charge in [-0.05, 0) is 38.2 Å². The van der Waals surface area contributed by atoms with Gasteiger partial charge in [-0.2, -0.15) is 0 Å². The lowest BCUT2D eigenvalue weighted by Gasteiger charge is -1.94.